The molecule has 0 aliphatic carbocycles. The van der Waals surface area contributed by atoms with Crippen molar-refractivity contribution in [2.24, 2.45) is 5.73 Å². The zero-order valence-electron chi connectivity index (χ0n) is 13.3. The lowest BCUT2D eigenvalue weighted by Crippen LogP contribution is -2.63. The van der Waals surface area contributed by atoms with Crippen molar-refractivity contribution in [2.45, 2.75) is 25.3 Å². The van der Waals surface area contributed by atoms with Crippen LogP contribution in [-0.2, 0) is 16.0 Å². The zero-order chi connectivity index (χ0) is 16.4. The fraction of sp³-hybridized carbons (Fsp3) is 0.667. The molecule has 23 heavy (non-hydrogen) atoms. The molecular weight excluding hydrogens is 301 g/mol. The lowest BCUT2D eigenvalue weighted by molar-refractivity contribution is -0.130. The average molecular weight is 323 g/mol. The van der Waals surface area contributed by atoms with Gasteiger partial charge in [0.1, 0.15) is 11.9 Å². The number of nitrogens with two attached hydrogens (primary N) is 1. The van der Waals surface area contributed by atoms with E-state index >= 15 is 0 Å². The van der Waals surface area contributed by atoms with Crippen LogP contribution in [0.25, 0.3) is 0 Å². The number of anilines is 1. The van der Waals surface area contributed by atoms with Crippen LogP contribution in [0.2, 0.25) is 0 Å². The summed E-state index contributed by atoms with van der Waals surface area (Å²) in [5.41, 5.74) is 5.33. The van der Waals surface area contributed by atoms with Crippen molar-refractivity contribution in [3.05, 3.63) is 17.8 Å². The highest BCUT2D eigenvalue weighted by molar-refractivity contribution is 5.85. The van der Waals surface area contributed by atoms with Gasteiger partial charge in [-0.1, -0.05) is 6.92 Å². The minimum absolute atomic E-state index is 0.337. The number of halogens is 1. The minimum Gasteiger partial charge on any atom is -0.379 e. The van der Waals surface area contributed by atoms with Crippen molar-refractivity contribution in [3.63, 3.8) is 0 Å². The van der Waals surface area contributed by atoms with Crippen LogP contribution < -0.4 is 10.6 Å². The van der Waals surface area contributed by atoms with Crippen molar-refractivity contribution in [1.82, 2.24) is 14.9 Å². The lowest BCUT2D eigenvalue weighted by Gasteiger charge is -2.43. The molecule has 0 aromatic carbocycles. The molecule has 8 heteroatoms. The predicted octanol–water partition coefficient (Wildman–Crippen LogP) is -0.0555. The van der Waals surface area contributed by atoms with E-state index in [9.17, 15) is 9.18 Å². The van der Waals surface area contributed by atoms with Gasteiger partial charge in [0.05, 0.1) is 12.3 Å². The van der Waals surface area contributed by atoms with Crippen molar-refractivity contribution in [3.8, 4) is 0 Å². The third kappa shape index (κ3) is 2.76. The second-order valence-corrected chi connectivity index (χ2v) is 5.98. The van der Waals surface area contributed by atoms with Gasteiger partial charge in [-0.05, 0) is 6.42 Å². The third-order valence-electron chi connectivity index (χ3n) is 4.82. The topological polar surface area (TPSA) is 84.6 Å². The van der Waals surface area contributed by atoms with Gasteiger partial charge in [0.2, 0.25) is 5.91 Å². The fourth-order valence-electron chi connectivity index (χ4n) is 3.36. The van der Waals surface area contributed by atoms with Crippen molar-refractivity contribution >= 4 is 11.7 Å². The maximum Gasteiger partial charge on any atom is 0.240 e. The molecule has 3 heterocycles. The van der Waals surface area contributed by atoms with Crippen LogP contribution >= 0.6 is 0 Å². The quantitative estimate of drug-likeness (QED) is 0.836. The van der Waals surface area contributed by atoms with Gasteiger partial charge in [0.15, 0.2) is 11.6 Å². The molecule has 2 aliphatic rings. The molecule has 1 unspecified atom stereocenters. The summed E-state index contributed by atoms with van der Waals surface area (Å²) >= 11 is 0. The first kappa shape index (κ1) is 16.1. The molecule has 3 rings (SSSR count). The summed E-state index contributed by atoms with van der Waals surface area (Å²) in [7, 11) is 0. The van der Waals surface area contributed by atoms with Crippen LogP contribution in [-0.4, -0.2) is 65.7 Å². The molecule has 2 saturated heterocycles. The number of hydrogen-bond acceptors (Lipinski definition) is 6. The number of hydrogen-bond donors (Lipinski definition) is 1. The van der Waals surface area contributed by atoms with E-state index in [0.29, 0.717) is 63.7 Å². The number of piperazine rings is 1. The number of amides is 1. The van der Waals surface area contributed by atoms with E-state index in [1.54, 1.807) is 0 Å². The Balaban J connectivity index is 1.73. The lowest BCUT2D eigenvalue weighted by atomic mass is 9.94. The Kier molecular flexibility index (Phi) is 4.45. The zero-order valence-corrected chi connectivity index (χ0v) is 13.3. The number of carbonyl (C=O) groups is 1. The Hall–Kier alpha value is -1.80. The summed E-state index contributed by atoms with van der Waals surface area (Å²) in [6.45, 7) is 5.17. The molecule has 0 radical (unpaired) electrons. The highest BCUT2D eigenvalue weighted by Gasteiger charge is 2.47. The molecule has 1 aromatic heterocycles. The average Bonchev–Trinajstić information content (AvgIpc) is 3.06. The largest absolute Gasteiger partial charge is 0.379 e. The van der Waals surface area contributed by atoms with Crippen molar-refractivity contribution < 1.29 is 13.9 Å². The standard InChI is InChI=1S/C15H22FN5O2/c1-2-11-12(16)13(19-10-18-11)20-4-6-21(7-5-20)15(14(17)22)3-8-23-9-15/h10H,2-9H2,1H3,(H2,17,22). The minimum atomic E-state index is -0.717. The van der Waals surface area contributed by atoms with Gasteiger partial charge in [0.25, 0.3) is 0 Å². The molecule has 0 saturated carbocycles. The van der Waals surface area contributed by atoms with Crippen LogP contribution in [0.5, 0.6) is 0 Å². The Morgan fingerprint density at radius 3 is 2.70 bits per heavy atom. The van der Waals surface area contributed by atoms with E-state index in [0.717, 1.165) is 0 Å². The van der Waals surface area contributed by atoms with Gasteiger partial charge >= 0.3 is 0 Å². The van der Waals surface area contributed by atoms with Crippen molar-refractivity contribution in [2.75, 3.05) is 44.3 Å². The van der Waals surface area contributed by atoms with Crippen LogP contribution in [0.4, 0.5) is 10.2 Å². The molecule has 0 bridgehead atoms. The summed E-state index contributed by atoms with van der Waals surface area (Å²) < 4.78 is 19.8. The van der Waals surface area contributed by atoms with E-state index in [4.69, 9.17) is 10.5 Å². The predicted molar refractivity (Wildman–Crippen MR) is 82.5 cm³/mol. The molecule has 0 spiro atoms. The van der Waals surface area contributed by atoms with E-state index in [1.807, 2.05) is 11.8 Å². The maximum absolute atomic E-state index is 14.4. The Bertz CT molecular complexity index is 583. The van der Waals surface area contributed by atoms with Gasteiger partial charge in [-0.2, -0.15) is 0 Å². The molecule has 2 fully saturated rings. The van der Waals surface area contributed by atoms with Gasteiger partial charge < -0.3 is 15.4 Å². The van der Waals surface area contributed by atoms with Gasteiger partial charge in [-0.15, -0.1) is 0 Å². The first-order valence-corrected chi connectivity index (χ1v) is 7.95. The monoisotopic (exact) mass is 323 g/mol. The number of aryl methyl sites for hydroxylation is 1. The highest BCUT2D eigenvalue weighted by Crippen LogP contribution is 2.28. The molecular formula is C15H22FN5O2. The van der Waals surface area contributed by atoms with Crippen LogP contribution in [0.3, 0.4) is 0 Å². The Labute approximate surface area is 134 Å². The number of rotatable bonds is 4. The molecule has 2 N–H and O–H groups in total. The number of ether oxygens (including phenoxy) is 1. The molecule has 1 aromatic rings. The summed E-state index contributed by atoms with van der Waals surface area (Å²) in [6.07, 6.45) is 2.55. The van der Waals surface area contributed by atoms with Crippen LogP contribution in [0.1, 0.15) is 19.0 Å². The molecule has 2 aliphatic heterocycles. The van der Waals surface area contributed by atoms with Gasteiger partial charge in [0, 0.05) is 39.2 Å². The second kappa shape index (κ2) is 6.37. The highest BCUT2D eigenvalue weighted by atomic mass is 19.1. The summed E-state index contributed by atoms with van der Waals surface area (Å²) in [5.74, 6) is -0.352. The van der Waals surface area contributed by atoms with Gasteiger partial charge in [-0.25, -0.2) is 14.4 Å². The second-order valence-electron chi connectivity index (χ2n) is 5.98. The number of aromatic nitrogens is 2. The smallest absolute Gasteiger partial charge is 0.240 e. The Morgan fingerprint density at radius 1 is 1.39 bits per heavy atom. The normalized spacial score (nSPS) is 25.7. The first-order chi connectivity index (χ1) is 11.1. The van der Waals surface area contributed by atoms with Gasteiger partial charge in [-0.3, -0.25) is 9.69 Å². The molecule has 1 amide bonds. The Morgan fingerprint density at radius 2 is 2.13 bits per heavy atom. The van der Waals surface area contributed by atoms with E-state index in [2.05, 4.69) is 14.9 Å². The van der Waals surface area contributed by atoms with Crippen LogP contribution in [0, 0.1) is 5.82 Å². The maximum atomic E-state index is 14.4. The van der Waals surface area contributed by atoms with E-state index in [1.165, 1.54) is 6.33 Å². The van der Waals surface area contributed by atoms with E-state index in [-0.39, 0.29) is 11.7 Å². The summed E-state index contributed by atoms with van der Waals surface area (Å²) in [4.78, 5) is 23.9. The van der Waals surface area contributed by atoms with Crippen LogP contribution in [0.15, 0.2) is 6.33 Å². The first-order valence-electron chi connectivity index (χ1n) is 7.95. The fourth-order valence-corrected chi connectivity index (χ4v) is 3.36. The third-order valence-corrected chi connectivity index (χ3v) is 4.82. The number of nitrogens with zero attached hydrogens (tertiary/aromatic N) is 4. The number of carbonyl (C=O) groups excluding carboxylic acids is 1. The summed E-state index contributed by atoms with van der Waals surface area (Å²) in [5, 5.41) is 0. The molecule has 126 valence electrons. The molecule has 1 atom stereocenters. The van der Waals surface area contributed by atoms with E-state index < -0.39 is 5.54 Å². The SMILES string of the molecule is CCc1ncnc(N2CCN(C3(C(N)=O)CCOC3)CC2)c1F. The van der Waals surface area contributed by atoms with Crippen molar-refractivity contribution in [1.29, 1.82) is 0 Å². The molecule has 7 nitrogen and oxygen atoms in total. The summed E-state index contributed by atoms with van der Waals surface area (Å²) in [6, 6.07) is 0. The number of primary amides is 1.